The molecule has 2 aromatic rings. The highest BCUT2D eigenvalue weighted by Crippen LogP contribution is 2.21. The number of piperidine rings is 1. The fourth-order valence-corrected chi connectivity index (χ4v) is 3.00. The van der Waals surface area contributed by atoms with Gasteiger partial charge < -0.3 is 24.6 Å². The Bertz CT molecular complexity index is 683. The fraction of sp³-hybridized carbons (Fsp3) is 0.471. The molecular formula is C17H23N3O3. The van der Waals surface area contributed by atoms with Crippen LogP contribution in [0, 0.1) is 0 Å². The summed E-state index contributed by atoms with van der Waals surface area (Å²) in [5, 5.41) is 13.7. The summed E-state index contributed by atoms with van der Waals surface area (Å²) in [7, 11) is 1.69. The van der Waals surface area contributed by atoms with E-state index in [-0.39, 0.29) is 6.03 Å². The van der Waals surface area contributed by atoms with E-state index in [9.17, 15) is 9.90 Å². The number of nitrogens with one attached hydrogen (secondary N) is 1. The van der Waals surface area contributed by atoms with Crippen LogP contribution in [-0.4, -0.2) is 53.5 Å². The molecule has 0 aliphatic carbocycles. The number of carbonyl (C=O) groups excluding carboxylic acids is 1. The van der Waals surface area contributed by atoms with Crippen LogP contribution in [0.1, 0.15) is 12.8 Å². The van der Waals surface area contributed by atoms with Crippen molar-refractivity contribution in [1.82, 2.24) is 9.47 Å². The van der Waals surface area contributed by atoms with E-state index in [1.165, 1.54) is 0 Å². The smallest absolute Gasteiger partial charge is 0.321 e. The predicted octanol–water partition coefficient (Wildman–Crippen LogP) is 2.28. The average molecular weight is 317 g/mol. The first-order chi connectivity index (χ1) is 11.2. The first-order valence-corrected chi connectivity index (χ1v) is 7.99. The van der Waals surface area contributed by atoms with E-state index >= 15 is 0 Å². The van der Waals surface area contributed by atoms with Crippen molar-refractivity contribution in [1.29, 1.82) is 0 Å². The topological polar surface area (TPSA) is 66.7 Å². The van der Waals surface area contributed by atoms with Crippen LogP contribution in [0.3, 0.4) is 0 Å². The molecule has 6 heteroatoms. The van der Waals surface area contributed by atoms with Gasteiger partial charge in [-0.15, -0.1) is 0 Å². The van der Waals surface area contributed by atoms with Crippen LogP contribution in [0.15, 0.2) is 30.5 Å². The first kappa shape index (κ1) is 15.8. The number of amides is 2. The van der Waals surface area contributed by atoms with Gasteiger partial charge in [-0.2, -0.15) is 0 Å². The molecule has 1 saturated heterocycles. The predicted molar refractivity (Wildman–Crippen MR) is 89.6 cm³/mol. The largest absolute Gasteiger partial charge is 0.391 e. The number of hydrogen-bond donors (Lipinski definition) is 2. The second kappa shape index (κ2) is 7.02. The van der Waals surface area contributed by atoms with Crippen molar-refractivity contribution in [3.63, 3.8) is 0 Å². The van der Waals surface area contributed by atoms with Crippen LogP contribution in [0.2, 0.25) is 0 Å². The number of hydrogen-bond acceptors (Lipinski definition) is 3. The molecule has 0 bridgehead atoms. The molecule has 1 aliphatic heterocycles. The Hall–Kier alpha value is -2.05. The van der Waals surface area contributed by atoms with E-state index in [0.29, 0.717) is 19.7 Å². The molecule has 2 heterocycles. The lowest BCUT2D eigenvalue weighted by atomic mass is 10.1. The van der Waals surface area contributed by atoms with Crippen molar-refractivity contribution in [3.8, 4) is 0 Å². The normalized spacial score (nSPS) is 18.3. The minimum Gasteiger partial charge on any atom is -0.391 e. The number of rotatable bonds is 4. The van der Waals surface area contributed by atoms with Gasteiger partial charge in [0.25, 0.3) is 0 Å². The number of aliphatic hydroxyl groups is 1. The van der Waals surface area contributed by atoms with E-state index in [4.69, 9.17) is 4.74 Å². The number of urea groups is 1. The van der Waals surface area contributed by atoms with Gasteiger partial charge in [0, 0.05) is 49.5 Å². The highest BCUT2D eigenvalue weighted by Gasteiger charge is 2.22. The number of anilines is 1. The van der Waals surface area contributed by atoms with Crippen LogP contribution in [0.5, 0.6) is 0 Å². The highest BCUT2D eigenvalue weighted by molar-refractivity contribution is 5.93. The lowest BCUT2D eigenvalue weighted by molar-refractivity contribution is 0.0883. The number of β-amino-alcohol motifs (C(OH)–C–C–N with tert-alkyl or cyclic N) is 1. The number of benzene rings is 1. The zero-order valence-electron chi connectivity index (χ0n) is 13.4. The second-order valence-electron chi connectivity index (χ2n) is 5.95. The molecule has 1 fully saturated rings. The van der Waals surface area contributed by atoms with Gasteiger partial charge in [0.05, 0.1) is 12.7 Å². The van der Waals surface area contributed by atoms with Crippen LogP contribution in [-0.2, 0) is 11.3 Å². The summed E-state index contributed by atoms with van der Waals surface area (Å²) in [5.41, 5.74) is 1.89. The third kappa shape index (κ3) is 3.65. The highest BCUT2D eigenvalue weighted by atomic mass is 16.5. The van der Waals surface area contributed by atoms with Crippen molar-refractivity contribution in [2.75, 3.05) is 32.1 Å². The number of fused-ring (bicyclic) bond motifs is 1. The number of methoxy groups -OCH3 is 1. The Kier molecular flexibility index (Phi) is 4.83. The number of aliphatic hydroxyl groups excluding tert-OH is 1. The summed E-state index contributed by atoms with van der Waals surface area (Å²) in [6.45, 7) is 2.57. The van der Waals surface area contributed by atoms with Crippen LogP contribution < -0.4 is 5.32 Å². The van der Waals surface area contributed by atoms with E-state index in [1.54, 1.807) is 12.0 Å². The van der Waals surface area contributed by atoms with Crippen molar-refractivity contribution in [3.05, 3.63) is 30.5 Å². The maximum Gasteiger partial charge on any atom is 0.321 e. The molecule has 0 unspecified atom stereocenters. The summed E-state index contributed by atoms with van der Waals surface area (Å²) in [5.74, 6) is 0. The molecule has 23 heavy (non-hydrogen) atoms. The average Bonchev–Trinajstić information content (AvgIpc) is 2.95. The Balaban J connectivity index is 1.69. The third-order valence-corrected chi connectivity index (χ3v) is 4.24. The number of likely N-dealkylation sites (tertiary alicyclic amines) is 1. The zero-order valence-corrected chi connectivity index (χ0v) is 13.4. The molecule has 1 aromatic heterocycles. The molecule has 1 atom stereocenters. The van der Waals surface area contributed by atoms with Gasteiger partial charge in [0.15, 0.2) is 0 Å². The van der Waals surface area contributed by atoms with Gasteiger partial charge >= 0.3 is 6.03 Å². The maximum absolute atomic E-state index is 12.3. The number of nitrogens with zero attached hydrogens (tertiary/aromatic N) is 2. The molecule has 0 saturated carbocycles. The van der Waals surface area contributed by atoms with Gasteiger partial charge in [-0.1, -0.05) is 0 Å². The Labute approximate surface area is 135 Å². The lowest BCUT2D eigenvalue weighted by Crippen LogP contribution is -2.44. The Morgan fingerprint density at radius 2 is 2.30 bits per heavy atom. The summed E-state index contributed by atoms with van der Waals surface area (Å²) in [4.78, 5) is 13.9. The Morgan fingerprint density at radius 1 is 1.43 bits per heavy atom. The molecule has 2 N–H and O–H groups in total. The number of carbonyl (C=O) groups is 1. The van der Waals surface area contributed by atoms with Gasteiger partial charge in [-0.3, -0.25) is 0 Å². The monoisotopic (exact) mass is 317 g/mol. The molecule has 3 rings (SSSR count). The van der Waals surface area contributed by atoms with Crippen LogP contribution >= 0.6 is 0 Å². The van der Waals surface area contributed by atoms with Gasteiger partial charge in [0.1, 0.15) is 0 Å². The third-order valence-electron chi connectivity index (χ3n) is 4.24. The van der Waals surface area contributed by atoms with Crippen molar-refractivity contribution >= 4 is 22.6 Å². The minimum absolute atomic E-state index is 0.151. The zero-order chi connectivity index (χ0) is 16.2. The quantitative estimate of drug-likeness (QED) is 0.909. The minimum atomic E-state index is -0.410. The van der Waals surface area contributed by atoms with Gasteiger partial charge in [-0.05, 0) is 37.1 Å². The summed E-state index contributed by atoms with van der Waals surface area (Å²) in [6, 6.07) is 7.76. The fourth-order valence-electron chi connectivity index (χ4n) is 3.00. The lowest BCUT2D eigenvalue weighted by Gasteiger charge is -2.30. The van der Waals surface area contributed by atoms with Gasteiger partial charge in [-0.25, -0.2) is 4.79 Å². The van der Waals surface area contributed by atoms with E-state index in [2.05, 4.69) is 9.88 Å². The Morgan fingerprint density at radius 3 is 3.09 bits per heavy atom. The first-order valence-electron chi connectivity index (χ1n) is 7.99. The molecule has 124 valence electrons. The van der Waals surface area contributed by atoms with Gasteiger partial charge in [0.2, 0.25) is 0 Å². The van der Waals surface area contributed by atoms with Crippen molar-refractivity contribution < 1.29 is 14.6 Å². The number of aromatic nitrogens is 1. The molecule has 0 spiro atoms. The maximum atomic E-state index is 12.3. The molecule has 0 radical (unpaired) electrons. The second-order valence-corrected chi connectivity index (χ2v) is 5.95. The molecule has 6 nitrogen and oxygen atoms in total. The van der Waals surface area contributed by atoms with E-state index in [1.807, 2.05) is 30.5 Å². The van der Waals surface area contributed by atoms with E-state index in [0.717, 1.165) is 36.0 Å². The standard InChI is InChI=1S/C17H23N3O3/c1-23-10-9-19-8-6-13-11-14(4-5-16(13)19)18-17(22)20-7-2-3-15(21)12-20/h4-6,8,11,15,21H,2-3,7,9-10,12H2,1H3,(H,18,22)/t15-/m1/s1. The summed E-state index contributed by atoms with van der Waals surface area (Å²) >= 11 is 0. The van der Waals surface area contributed by atoms with Crippen LogP contribution in [0.4, 0.5) is 10.5 Å². The SMILES string of the molecule is COCCn1ccc2cc(NC(=O)N3CCC[C@@H](O)C3)ccc21. The number of ether oxygens (including phenoxy) is 1. The van der Waals surface area contributed by atoms with Crippen molar-refractivity contribution in [2.24, 2.45) is 0 Å². The molecule has 1 aliphatic rings. The van der Waals surface area contributed by atoms with E-state index < -0.39 is 6.10 Å². The summed E-state index contributed by atoms with van der Waals surface area (Å²) < 4.78 is 7.24. The molecule has 1 aromatic carbocycles. The summed E-state index contributed by atoms with van der Waals surface area (Å²) in [6.07, 6.45) is 3.23. The molecular weight excluding hydrogens is 294 g/mol. The molecule has 2 amide bonds. The van der Waals surface area contributed by atoms with Crippen molar-refractivity contribution in [2.45, 2.75) is 25.5 Å². The van der Waals surface area contributed by atoms with Crippen LogP contribution in [0.25, 0.3) is 10.9 Å².